The number of nitrogens with zero attached hydrogens (tertiary/aromatic N) is 2. The zero-order valence-electron chi connectivity index (χ0n) is 14.6. The van der Waals surface area contributed by atoms with Crippen LogP contribution in [0.2, 0.25) is 5.02 Å². The van der Waals surface area contributed by atoms with Crippen molar-refractivity contribution in [3.63, 3.8) is 0 Å². The smallest absolute Gasteiger partial charge is 0.367 e. The van der Waals surface area contributed by atoms with E-state index in [1.54, 1.807) is 30.3 Å². The standard InChI is InChI=1S/C20H19ClF3N3/c21-15-10-5-4-9-14(15)18-19(25-13-7-2-1-3-8-13)27-16(20(22,23)24)11-6-12-17(27)26-18/h4-6,9-13,25H,1-3,7-8H2. The molecule has 1 aromatic carbocycles. The van der Waals surface area contributed by atoms with Crippen molar-refractivity contribution in [2.75, 3.05) is 5.32 Å². The Morgan fingerprint density at radius 1 is 1.00 bits per heavy atom. The highest BCUT2D eigenvalue weighted by molar-refractivity contribution is 6.33. The van der Waals surface area contributed by atoms with Crippen molar-refractivity contribution in [1.29, 1.82) is 0 Å². The first-order chi connectivity index (χ1) is 12.9. The van der Waals surface area contributed by atoms with Gasteiger partial charge in [-0.15, -0.1) is 0 Å². The molecule has 0 bridgehead atoms. The Morgan fingerprint density at radius 2 is 1.74 bits per heavy atom. The van der Waals surface area contributed by atoms with Crippen LogP contribution in [-0.4, -0.2) is 15.4 Å². The molecule has 0 radical (unpaired) electrons. The van der Waals surface area contributed by atoms with Gasteiger partial charge in [-0.25, -0.2) is 4.98 Å². The third-order valence-corrected chi connectivity index (χ3v) is 5.34. The maximum atomic E-state index is 13.7. The van der Waals surface area contributed by atoms with E-state index in [9.17, 15) is 13.2 Å². The van der Waals surface area contributed by atoms with Gasteiger partial charge in [-0.2, -0.15) is 13.2 Å². The fraction of sp³-hybridized carbons (Fsp3) is 0.350. The van der Waals surface area contributed by atoms with Crippen LogP contribution >= 0.6 is 11.6 Å². The summed E-state index contributed by atoms with van der Waals surface area (Å²) in [6.07, 6.45) is 0.689. The quantitative estimate of drug-likeness (QED) is 0.556. The van der Waals surface area contributed by atoms with Crippen LogP contribution in [-0.2, 0) is 6.18 Å². The molecule has 1 aliphatic rings. The second kappa shape index (κ2) is 7.08. The van der Waals surface area contributed by atoms with Crippen molar-refractivity contribution in [2.24, 2.45) is 0 Å². The van der Waals surface area contributed by atoms with Crippen LogP contribution in [0.15, 0.2) is 42.5 Å². The van der Waals surface area contributed by atoms with E-state index in [0.717, 1.165) is 38.2 Å². The Kier molecular flexibility index (Phi) is 4.76. The van der Waals surface area contributed by atoms with Crippen LogP contribution < -0.4 is 5.32 Å². The number of benzene rings is 1. The van der Waals surface area contributed by atoms with Crippen LogP contribution in [0.5, 0.6) is 0 Å². The summed E-state index contributed by atoms with van der Waals surface area (Å²) in [5.74, 6) is 0.359. The minimum Gasteiger partial charge on any atom is -0.367 e. The number of fused-ring (bicyclic) bond motifs is 1. The van der Waals surface area contributed by atoms with Crippen molar-refractivity contribution in [2.45, 2.75) is 44.3 Å². The van der Waals surface area contributed by atoms with Gasteiger partial charge in [0.1, 0.15) is 22.9 Å². The number of rotatable bonds is 3. The molecule has 2 aromatic heterocycles. The molecule has 142 valence electrons. The molecular formula is C20H19ClF3N3. The van der Waals surface area contributed by atoms with Crippen LogP contribution in [0, 0.1) is 0 Å². The van der Waals surface area contributed by atoms with E-state index in [0.29, 0.717) is 22.1 Å². The number of hydrogen-bond donors (Lipinski definition) is 1. The van der Waals surface area contributed by atoms with E-state index in [1.165, 1.54) is 10.5 Å². The predicted molar refractivity (Wildman–Crippen MR) is 101 cm³/mol. The summed E-state index contributed by atoms with van der Waals surface area (Å²) in [6.45, 7) is 0. The highest BCUT2D eigenvalue weighted by Crippen LogP contribution is 2.38. The maximum absolute atomic E-state index is 13.7. The second-order valence-corrected chi connectivity index (χ2v) is 7.28. The van der Waals surface area contributed by atoms with Gasteiger partial charge >= 0.3 is 6.18 Å². The molecule has 2 heterocycles. The number of anilines is 1. The molecule has 0 atom stereocenters. The molecule has 4 rings (SSSR count). The van der Waals surface area contributed by atoms with Gasteiger partial charge in [0.15, 0.2) is 0 Å². The van der Waals surface area contributed by atoms with Gasteiger partial charge in [-0.1, -0.05) is 55.1 Å². The van der Waals surface area contributed by atoms with E-state index in [-0.39, 0.29) is 11.7 Å². The first-order valence-electron chi connectivity index (χ1n) is 9.05. The third kappa shape index (κ3) is 3.50. The molecule has 1 N–H and O–H groups in total. The molecule has 3 aromatic rings. The molecule has 1 saturated carbocycles. The molecule has 0 saturated heterocycles. The molecule has 27 heavy (non-hydrogen) atoms. The molecule has 0 spiro atoms. The van der Waals surface area contributed by atoms with Gasteiger partial charge in [0.25, 0.3) is 0 Å². The fourth-order valence-electron chi connectivity index (χ4n) is 3.73. The molecule has 1 aliphatic carbocycles. The highest BCUT2D eigenvalue weighted by Gasteiger charge is 2.35. The number of halogens is 4. The molecule has 0 aliphatic heterocycles. The number of pyridine rings is 1. The lowest BCUT2D eigenvalue weighted by Crippen LogP contribution is -2.24. The summed E-state index contributed by atoms with van der Waals surface area (Å²) in [5, 5.41) is 3.81. The fourth-order valence-corrected chi connectivity index (χ4v) is 3.95. The first kappa shape index (κ1) is 18.2. The monoisotopic (exact) mass is 393 g/mol. The Morgan fingerprint density at radius 3 is 2.44 bits per heavy atom. The van der Waals surface area contributed by atoms with Crippen LogP contribution in [0.1, 0.15) is 37.8 Å². The summed E-state index contributed by atoms with van der Waals surface area (Å²) >= 11 is 6.33. The van der Waals surface area contributed by atoms with E-state index in [1.807, 2.05) is 0 Å². The van der Waals surface area contributed by atoms with Gasteiger partial charge in [0.05, 0.1) is 5.02 Å². The van der Waals surface area contributed by atoms with Crippen molar-refractivity contribution in [3.8, 4) is 11.3 Å². The van der Waals surface area contributed by atoms with Gasteiger partial charge in [0, 0.05) is 11.6 Å². The summed E-state index contributed by atoms with van der Waals surface area (Å²) in [5.41, 5.74) is 0.569. The minimum absolute atomic E-state index is 0.126. The van der Waals surface area contributed by atoms with E-state index in [4.69, 9.17) is 11.6 Å². The molecule has 3 nitrogen and oxygen atoms in total. The SMILES string of the molecule is FC(F)(F)c1cccc2nc(-c3ccccc3Cl)c(NC3CCCCC3)n12. The second-order valence-electron chi connectivity index (χ2n) is 6.87. The van der Waals surface area contributed by atoms with Gasteiger partial charge < -0.3 is 5.32 Å². The number of nitrogens with one attached hydrogen (secondary N) is 1. The Balaban J connectivity index is 1.94. The number of alkyl halides is 3. The lowest BCUT2D eigenvalue weighted by molar-refractivity contribution is -0.141. The molecule has 0 amide bonds. The van der Waals surface area contributed by atoms with Crippen molar-refractivity contribution in [1.82, 2.24) is 9.38 Å². The average molecular weight is 394 g/mol. The lowest BCUT2D eigenvalue weighted by atomic mass is 9.95. The number of hydrogen-bond acceptors (Lipinski definition) is 2. The lowest BCUT2D eigenvalue weighted by Gasteiger charge is -2.25. The van der Waals surface area contributed by atoms with E-state index in [2.05, 4.69) is 10.3 Å². The van der Waals surface area contributed by atoms with Crippen LogP contribution in [0.3, 0.4) is 0 Å². The zero-order chi connectivity index (χ0) is 19.0. The van der Waals surface area contributed by atoms with Crippen LogP contribution in [0.4, 0.5) is 19.0 Å². The minimum atomic E-state index is -4.49. The molecule has 7 heteroatoms. The van der Waals surface area contributed by atoms with Gasteiger partial charge in [-0.05, 0) is 31.0 Å². The van der Waals surface area contributed by atoms with E-state index >= 15 is 0 Å². The third-order valence-electron chi connectivity index (χ3n) is 5.01. The Bertz CT molecular complexity index is 959. The zero-order valence-corrected chi connectivity index (χ0v) is 15.3. The summed E-state index contributed by atoms with van der Waals surface area (Å²) in [6, 6.07) is 11.3. The largest absolute Gasteiger partial charge is 0.431 e. The van der Waals surface area contributed by atoms with Crippen molar-refractivity contribution < 1.29 is 13.2 Å². The van der Waals surface area contributed by atoms with Crippen LogP contribution in [0.25, 0.3) is 16.9 Å². The number of imidazole rings is 1. The molecule has 1 fully saturated rings. The van der Waals surface area contributed by atoms with Crippen molar-refractivity contribution in [3.05, 3.63) is 53.2 Å². The predicted octanol–water partition coefficient (Wildman–Crippen LogP) is 6.42. The van der Waals surface area contributed by atoms with Gasteiger partial charge in [0.2, 0.25) is 0 Å². The normalized spacial score (nSPS) is 16.0. The molecular weight excluding hydrogens is 375 g/mol. The van der Waals surface area contributed by atoms with Crippen molar-refractivity contribution >= 4 is 23.1 Å². The molecule has 0 unspecified atom stereocenters. The Labute approximate surface area is 160 Å². The average Bonchev–Trinajstić information content (AvgIpc) is 3.00. The summed E-state index contributed by atoms with van der Waals surface area (Å²) in [7, 11) is 0. The summed E-state index contributed by atoms with van der Waals surface area (Å²) < 4.78 is 42.2. The maximum Gasteiger partial charge on any atom is 0.431 e. The van der Waals surface area contributed by atoms with E-state index < -0.39 is 11.9 Å². The Hall–Kier alpha value is -2.21. The summed E-state index contributed by atoms with van der Waals surface area (Å²) in [4.78, 5) is 4.50. The highest BCUT2D eigenvalue weighted by atomic mass is 35.5. The topological polar surface area (TPSA) is 29.3 Å². The number of aromatic nitrogens is 2. The first-order valence-corrected chi connectivity index (χ1v) is 9.43. The van der Waals surface area contributed by atoms with Gasteiger partial charge in [-0.3, -0.25) is 4.40 Å².